The van der Waals surface area contributed by atoms with Gasteiger partial charge in [-0.25, -0.2) is 0 Å². The maximum atomic E-state index is 12.5. The number of nitrogens with zero attached hydrogens (tertiary/aromatic N) is 1. The first-order valence-corrected chi connectivity index (χ1v) is 7.05. The lowest BCUT2D eigenvalue weighted by molar-refractivity contribution is -0.139. The van der Waals surface area contributed by atoms with E-state index in [9.17, 15) is 4.79 Å². The molecular formula is C14H28N2O. The minimum atomic E-state index is 0.0488. The van der Waals surface area contributed by atoms with Crippen LogP contribution in [0.15, 0.2) is 0 Å². The second kappa shape index (κ2) is 6.39. The van der Waals surface area contributed by atoms with Gasteiger partial charge in [0.25, 0.3) is 0 Å². The SMILES string of the molecule is CCCN(C(=O)C1CCCC(C)C1N)C(C)C. The molecule has 3 atom stereocenters. The highest BCUT2D eigenvalue weighted by atomic mass is 16.2. The van der Waals surface area contributed by atoms with Crippen molar-refractivity contribution in [1.82, 2.24) is 4.90 Å². The summed E-state index contributed by atoms with van der Waals surface area (Å²) in [7, 11) is 0. The van der Waals surface area contributed by atoms with Crippen molar-refractivity contribution in [2.45, 2.75) is 65.5 Å². The van der Waals surface area contributed by atoms with E-state index in [0.717, 1.165) is 25.8 Å². The fourth-order valence-corrected chi connectivity index (χ4v) is 2.81. The van der Waals surface area contributed by atoms with Gasteiger partial charge >= 0.3 is 0 Å². The van der Waals surface area contributed by atoms with Crippen LogP contribution in [0, 0.1) is 11.8 Å². The number of hydrogen-bond acceptors (Lipinski definition) is 2. The Morgan fingerprint density at radius 3 is 2.59 bits per heavy atom. The van der Waals surface area contributed by atoms with Gasteiger partial charge in [-0.15, -0.1) is 0 Å². The summed E-state index contributed by atoms with van der Waals surface area (Å²) in [5, 5.41) is 0. The Morgan fingerprint density at radius 1 is 1.41 bits per heavy atom. The van der Waals surface area contributed by atoms with Crippen LogP contribution in [0.2, 0.25) is 0 Å². The number of nitrogens with two attached hydrogens (primary N) is 1. The Morgan fingerprint density at radius 2 is 2.06 bits per heavy atom. The number of carbonyl (C=O) groups excluding carboxylic acids is 1. The molecule has 0 radical (unpaired) electrons. The molecule has 0 saturated heterocycles. The molecule has 1 aliphatic carbocycles. The van der Waals surface area contributed by atoms with Crippen molar-refractivity contribution < 1.29 is 4.79 Å². The molecule has 1 rings (SSSR count). The minimum absolute atomic E-state index is 0.0488. The van der Waals surface area contributed by atoms with Crippen molar-refractivity contribution in [1.29, 1.82) is 0 Å². The summed E-state index contributed by atoms with van der Waals surface area (Å²) >= 11 is 0. The van der Waals surface area contributed by atoms with E-state index < -0.39 is 0 Å². The zero-order valence-corrected chi connectivity index (χ0v) is 11.8. The van der Waals surface area contributed by atoms with Crippen molar-refractivity contribution in [3.05, 3.63) is 0 Å². The highest BCUT2D eigenvalue weighted by Gasteiger charge is 2.35. The van der Waals surface area contributed by atoms with E-state index in [1.165, 1.54) is 6.42 Å². The molecule has 100 valence electrons. The standard InChI is InChI=1S/C14H28N2O/c1-5-9-16(10(2)3)14(17)12-8-6-7-11(4)13(12)15/h10-13H,5-9,15H2,1-4H3. The lowest BCUT2D eigenvalue weighted by Gasteiger charge is -2.37. The Kier molecular flexibility index (Phi) is 5.44. The van der Waals surface area contributed by atoms with E-state index in [-0.39, 0.29) is 23.9 Å². The molecule has 0 aromatic carbocycles. The number of carbonyl (C=O) groups is 1. The Bertz CT molecular complexity index is 253. The zero-order chi connectivity index (χ0) is 13.0. The lowest BCUT2D eigenvalue weighted by atomic mass is 9.77. The predicted molar refractivity (Wildman–Crippen MR) is 71.6 cm³/mol. The summed E-state index contributed by atoms with van der Waals surface area (Å²) in [6.45, 7) is 9.32. The number of rotatable bonds is 4. The molecule has 0 aromatic rings. The van der Waals surface area contributed by atoms with Gasteiger partial charge in [0.05, 0.1) is 5.92 Å². The second-order valence-corrected chi connectivity index (χ2v) is 5.72. The van der Waals surface area contributed by atoms with E-state index >= 15 is 0 Å². The lowest BCUT2D eigenvalue weighted by Crippen LogP contribution is -2.50. The van der Waals surface area contributed by atoms with Crippen molar-refractivity contribution in [2.75, 3.05) is 6.54 Å². The molecule has 3 heteroatoms. The van der Waals surface area contributed by atoms with Gasteiger partial charge in [0.15, 0.2) is 0 Å². The van der Waals surface area contributed by atoms with Gasteiger partial charge < -0.3 is 10.6 Å². The summed E-state index contributed by atoms with van der Waals surface area (Å²) in [5.41, 5.74) is 6.21. The van der Waals surface area contributed by atoms with Gasteiger partial charge in [-0.05, 0) is 39.0 Å². The topological polar surface area (TPSA) is 46.3 Å². The van der Waals surface area contributed by atoms with Crippen molar-refractivity contribution >= 4 is 5.91 Å². The summed E-state index contributed by atoms with van der Waals surface area (Å²) < 4.78 is 0. The molecule has 17 heavy (non-hydrogen) atoms. The van der Waals surface area contributed by atoms with Crippen LogP contribution in [-0.2, 0) is 4.79 Å². The van der Waals surface area contributed by atoms with E-state index in [4.69, 9.17) is 5.73 Å². The highest BCUT2D eigenvalue weighted by Crippen LogP contribution is 2.29. The van der Waals surface area contributed by atoms with Crippen LogP contribution in [0.1, 0.15) is 53.4 Å². The molecule has 0 heterocycles. The van der Waals surface area contributed by atoms with Gasteiger partial charge in [-0.1, -0.05) is 20.3 Å². The zero-order valence-electron chi connectivity index (χ0n) is 11.8. The first kappa shape index (κ1) is 14.5. The van der Waals surface area contributed by atoms with E-state index in [1.807, 2.05) is 4.90 Å². The third-order valence-electron chi connectivity index (χ3n) is 3.98. The van der Waals surface area contributed by atoms with Crippen LogP contribution < -0.4 is 5.73 Å². The molecule has 3 unspecified atom stereocenters. The van der Waals surface area contributed by atoms with E-state index in [0.29, 0.717) is 5.92 Å². The summed E-state index contributed by atoms with van der Waals surface area (Å²) in [5.74, 6) is 0.807. The first-order valence-electron chi connectivity index (χ1n) is 7.05. The fourth-order valence-electron chi connectivity index (χ4n) is 2.81. The van der Waals surface area contributed by atoms with Gasteiger partial charge in [0.1, 0.15) is 0 Å². The maximum absolute atomic E-state index is 12.5. The van der Waals surface area contributed by atoms with E-state index in [2.05, 4.69) is 27.7 Å². The highest BCUT2D eigenvalue weighted by molar-refractivity contribution is 5.80. The molecule has 0 spiro atoms. The van der Waals surface area contributed by atoms with Gasteiger partial charge in [0.2, 0.25) is 5.91 Å². The average Bonchev–Trinajstić information content (AvgIpc) is 2.28. The van der Waals surface area contributed by atoms with E-state index in [1.54, 1.807) is 0 Å². The first-order chi connectivity index (χ1) is 7.99. The quantitative estimate of drug-likeness (QED) is 0.820. The Balaban J connectivity index is 2.72. The third-order valence-corrected chi connectivity index (χ3v) is 3.98. The molecule has 2 N–H and O–H groups in total. The molecular weight excluding hydrogens is 212 g/mol. The van der Waals surface area contributed by atoms with Gasteiger partial charge in [0, 0.05) is 18.6 Å². The molecule has 1 fully saturated rings. The van der Waals surface area contributed by atoms with Gasteiger partial charge in [-0.3, -0.25) is 4.79 Å². The van der Waals surface area contributed by atoms with Crippen molar-refractivity contribution in [3.63, 3.8) is 0 Å². The Labute approximate surface area is 106 Å². The monoisotopic (exact) mass is 240 g/mol. The number of amides is 1. The van der Waals surface area contributed by atoms with Crippen molar-refractivity contribution in [2.24, 2.45) is 17.6 Å². The molecule has 1 saturated carbocycles. The molecule has 1 amide bonds. The van der Waals surface area contributed by atoms with Crippen LogP contribution in [0.4, 0.5) is 0 Å². The Hall–Kier alpha value is -0.570. The van der Waals surface area contributed by atoms with Crippen LogP contribution in [0.5, 0.6) is 0 Å². The molecule has 1 aliphatic rings. The largest absolute Gasteiger partial charge is 0.340 e. The number of hydrogen-bond donors (Lipinski definition) is 1. The molecule has 0 bridgehead atoms. The van der Waals surface area contributed by atoms with Crippen molar-refractivity contribution in [3.8, 4) is 0 Å². The predicted octanol–water partition coefficient (Wildman–Crippen LogP) is 2.40. The average molecular weight is 240 g/mol. The summed E-state index contributed by atoms with van der Waals surface area (Å²) in [6.07, 6.45) is 4.29. The van der Waals surface area contributed by atoms with Crippen LogP contribution in [-0.4, -0.2) is 29.4 Å². The van der Waals surface area contributed by atoms with Crippen LogP contribution in [0.3, 0.4) is 0 Å². The molecule has 0 aromatic heterocycles. The third kappa shape index (κ3) is 3.44. The molecule has 0 aliphatic heterocycles. The van der Waals surface area contributed by atoms with Crippen LogP contribution in [0.25, 0.3) is 0 Å². The van der Waals surface area contributed by atoms with Crippen LogP contribution >= 0.6 is 0 Å². The molecule has 3 nitrogen and oxygen atoms in total. The fraction of sp³-hybridized carbons (Fsp3) is 0.929. The maximum Gasteiger partial charge on any atom is 0.227 e. The summed E-state index contributed by atoms with van der Waals surface area (Å²) in [6, 6.07) is 0.334. The minimum Gasteiger partial charge on any atom is -0.340 e. The second-order valence-electron chi connectivity index (χ2n) is 5.72. The normalized spacial score (nSPS) is 29.4. The summed E-state index contributed by atoms with van der Waals surface area (Å²) in [4.78, 5) is 14.5. The smallest absolute Gasteiger partial charge is 0.227 e. The van der Waals surface area contributed by atoms with Gasteiger partial charge in [-0.2, -0.15) is 0 Å².